The normalized spacial score (nSPS) is 21.5. The van der Waals surface area contributed by atoms with Gasteiger partial charge in [-0.15, -0.1) is 11.8 Å². The first-order valence-electron chi connectivity index (χ1n) is 4.77. The second-order valence-electron chi connectivity index (χ2n) is 3.64. The van der Waals surface area contributed by atoms with Crippen LogP contribution in [0.15, 0.2) is 23.1 Å². The third kappa shape index (κ3) is 1.99. The van der Waals surface area contributed by atoms with Gasteiger partial charge in [0.05, 0.1) is 0 Å². The quantitative estimate of drug-likeness (QED) is 0.678. The van der Waals surface area contributed by atoms with E-state index in [9.17, 15) is 0 Å². The van der Waals surface area contributed by atoms with Gasteiger partial charge in [0.2, 0.25) is 0 Å². The predicted molar refractivity (Wildman–Crippen MR) is 59.6 cm³/mol. The van der Waals surface area contributed by atoms with Crippen LogP contribution in [0.2, 0.25) is 0 Å². The van der Waals surface area contributed by atoms with Gasteiger partial charge >= 0.3 is 0 Å². The molecule has 0 saturated carbocycles. The Morgan fingerprint density at radius 2 is 2.31 bits per heavy atom. The van der Waals surface area contributed by atoms with Gasteiger partial charge in [-0.3, -0.25) is 0 Å². The van der Waals surface area contributed by atoms with Crippen LogP contribution in [0.5, 0.6) is 0 Å². The van der Waals surface area contributed by atoms with Gasteiger partial charge in [0.25, 0.3) is 0 Å². The highest BCUT2D eigenvalue weighted by Gasteiger charge is 2.12. The van der Waals surface area contributed by atoms with Crippen LogP contribution in [0, 0.1) is 6.92 Å². The number of thioether (sulfide) groups is 1. The highest BCUT2D eigenvalue weighted by molar-refractivity contribution is 8.00. The van der Waals surface area contributed by atoms with Crippen LogP contribution in [-0.4, -0.2) is 11.8 Å². The van der Waals surface area contributed by atoms with Crippen molar-refractivity contribution in [2.24, 2.45) is 0 Å². The van der Waals surface area contributed by atoms with Crippen molar-refractivity contribution in [3.8, 4) is 0 Å². The summed E-state index contributed by atoms with van der Waals surface area (Å²) in [6.45, 7) is 5.55. The highest BCUT2D eigenvalue weighted by atomic mass is 32.2. The van der Waals surface area contributed by atoms with E-state index in [0.29, 0.717) is 0 Å². The summed E-state index contributed by atoms with van der Waals surface area (Å²) in [5, 5.41) is 4.19. The number of nitrogens with one attached hydrogen (secondary N) is 1. The molecule has 0 fully saturated rings. The van der Waals surface area contributed by atoms with E-state index >= 15 is 0 Å². The molecule has 2 rings (SSSR count). The van der Waals surface area contributed by atoms with E-state index in [0.717, 1.165) is 11.8 Å². The standard InChI is InChI=1S/C11H15NS/c1-8-3-4-10-11(7-8)13-9(2)5-6-12-10/h3-4,7,9,12H,5-6H2,1-2H3. The molecule has 0 aromatic heterocycles. The number of benzene rings is 1. The zero-order valence-electron chi connectivity index (χ0n) is 8.13. The molecule has 1 aliphatic rings. The molecule has 70 valence electrons. The van der Waals surface area contributed by atoms with Crippen molar-refractivity contribution in [2.45, 2.75) is 30.4 Å². The van der Waals surface area contributed by atoms with Crippen LogP contribution < -0.4 is 5.32 Å². The highest BCUT2D eigenvalue weighted by Crippen LogP contribution is 2.34. The molecule has 0 radical (unpaired) electrons. The predicted octanol–water partition coefficient (Wildman–Crippen LogP) is 3.29. The molecule has 13 heavy (non-hydrogen) atoms. The maximum atomic E-state index is 3.46. The van der Waals surface area contributed by atoms with Crippen molar-refractivity contribution in [1.29, 1.82) is 0 Å². The van der Waals surface area contributed by atoms with Crippen molar-refractivity contribution in [2.75, 3.05) is 11.9 Å². The summed E-state index contributed by atoms with van der Waals surface area (Å²) in [5.41, 5.74) is 2.65. The molecule has 1 aliphatic heterocycles. The summed E-state index contributed by atoms with van der Waals surface area (Å²) in [6, 6.07) is 6.63. The lowest BCUT2D eigenvalue weighted by atomic mass is 10.2. The lowest BCUT2D eigenvalue weighted by Gasteiger charge is -2.08. The second-order valence-corrected chi connectivity index (χ2v) is 5.12. The van der Waals surface area contributed by atoms with Crippen LogP contribution in [0.1, 0.15) is 18.9 Å². The molecular formula is C11H15NS. The number of hydrogen-bond acceptors (Lipinski definition) is 2. The minimum atomic E-state index is 0.732. The SMILES string of the molecule is Cc1ccc2c(c1)SC(C)CCN2. The minimum absolute atomic E-state index is 0.732. The van der Waals surface area contributed by atoms with Gasteiger partial charge in [0, 0.05) is 22.4 Å². The van der Waals surface area contributed by atoms with E-state index < -0.39 is 0 Å². The van der Waals surface area contributed by atoms with Gasteiger partial charge in [-0.2, -0.15) is 0 Å². The molecule has 1 atom stereocenters. The number of anilines is 1. The summed E-state index contributed by atoms with van der Waals surface area (Å²) >= 11 is 1.98. The molecule has 0 spiro atoms. The van der Waals surface area contributed by atoms with Crippen LogP contribution in [0.3, 0.4) is 0 Å². The Bertz CT molecular complexity index is 309. The Hall–Kier alpha value is -0.630. The smallest absolute Gasteiger partial charge is 0.0478 e. The molecule has 0 aliphatic carbocycles. The van der Waals surface area contributed by atoms with Gasteiger partial charge in [0.15, 0.2) is 0 Å². The maximum Gasteiger partial charge on any atom is 0.0478 e. The van der Waals surface area contributed by atoms with E-state index in [1.807, 2.05) is 11.8 Å². The Labute approximate surface area is 83.9 Å². The first-order valence-corrected chi connectivity index (χ1v) is 5.65. The van der Waals surface area contributed by atoms with Crippen molar-refractivity contribution in [3.05, 3.63) is 23.8 Å². The molecule has 0 saturated heterocycles. The second kappa shape index (κ2) is 3.62. The van der Waals surface area contributed by atoms with Crippen LogP contribution in [0.25, 0.3) is 0 Å². The number of fused-ring (bicyclic) bond motifs is 1. The molecule has 1 heterocycles. The molecular weight excluding hydrogens is 178 g/mol. The Kier molecular flexibility index (Phi) is 2.49. The van der Waals surface area contributed by atoms with Crippen molar-refractivity contribution >= 4 is 17.4 Å². The number of aryl methyl sites for hydroxylation is 1. The van der Waals surface area contributed by atoms with Crippen molar-refractivity contribution < 1.29 is 0 Å². The number of rotatable bonds is 0. The van der Waals surface area contributed by atoms with Gasteiger partial charge in [-0.1, -0.05) is 13.0 Å². The summed E-state index contributed by atoms with van der Waals surface area (Å²) in [6.07, 6.45) is 1.25. The lowest BCUT2D eigenvalue weighted by Crippen LogP contribution is -2.03. The zero-order valence-corrected chi connectivity index (χ0v) is 8.95. The largest absolute Gasteiger partial charge is 0.384 e. The fourth-order valence-corrected chi connectivity index (χ4v) is 2.75. The number of hydrogen-bond donors (Lipinski definition) is 1. The van der Waals surface area contributed by atoms with E-state index in [4.69, 9.17) is 0 Å². The average molecular weight is 193 g/mol. The van der Waals surface area contributed by atoms with Crippen LogP contribution in [0.4, 0.5) is 5.69 Å². The summed E-state index contributed by atoms with van der Waals surface area (Å²) in [7, 11) is 0. The van der Waals surface area contributed by atoms with Crippen molar-refractivity contribution in [1.82, 2.24) is 0 Å². The molecule has 1 aromatic rings. The monoisotopic (exact) mass is 193 g/mol. The molecule has 1 nitrogen and oxygen atoms in total. The third-order valence-corrected chi connectivity index (χ3v) is 3.56. The third-order valence-electron chi connectivity index (χ3n) is 2.33. The molecule has 1 unspecified atom stereocenters. The molecule has 0 amide bonds. The van der Waals surface area contributed by atoms with Gasteiger partial charge in [-0.25, -0.2) is 0 Å². The zero-order chi connectivity index (χ0) is 9.26. The Balaban J connectivity index is 2.35. The van der Waals surface area contributed by atoms with E-state index in [1.165, 1.54) is 22.6 Å². The van der Waals surface area contributed by atoms with Crippen LogP contribution >= 0.6 is 11.8 Å². The topological polar surface area (TPSA) is 12.0 Å². The van der Waals surface area contributed by atoms with Gasteiger partial charge in [-0.05, 0) is 31.0 Å². The average Bonchev–Trinajstić information content (AvgIpc) is 2.25. The first kappa shape index (κ1) is 8.95. The summed E-state index contributed by atoms with van der Waals surface area (Å²) in [5.74, 6) is 0. The molecule has 1 N–H and O–H groups in total. The molecule has 0 bridgehead atoms. The Morgan fingerprint density at radius 3 is 3.15 bits per heavy atom. The summed E-state index contributed by atoms with van der Waals surface area (Å²) < 4.78 is 0. The van der Waals surface area contributed by atoms with Crippen molar-refractivity contribution in [3.63, 3.8) is 0 Å². The molecule has 2 heteroatoms. The molecule has 1 aromatic carbocycles. The first-order chi connectivity index (χ1) is 6.25. The van der Waals surface area contributed by atoms with E-state index in [2.05, 4.69) is 37.4 Å². The summed E-state index contributed by atoms with van der Waals surface area (Å²) in [4.78, 5) is 1.41. The van der Waals surface area contributed by atoms with E-state index in [1.54, 1.807) is 0 Å². The maximum absolute atomic E-state index is 3.46. The van der Waals surface area contributed by atoms with Gasteiger partial charge < -0.3 is 5.32 Å². The van der Waals surface area contributed by atoms with E-state index in [-0.39, 0.29) is 0 Å². The van der Waals surface area contributed by atoms with Crippen LogP contribution in [-0.2, 0) is 0 Å². The Morgan fingerprint density at radius 1 is 1.46 bits per heavy atom. The minimum Gasteiger partial charge on any atom is -0.384 e. The lowest BCUT2D eigenvalue weighted by molar-refractivity contribution is 0.860. The fourth-order valence-electron chi connectivity index (χ4n) is 1.56. The van der Waals surface area contributed by atoms with Gasteiger partial charge in [0.1, 0.15) is 0 Å². The fraction of sp³-hybridized carbons (Fsp3) is 0.455.